The molecule has 28 heavy (non-hydrogen) atoms. The van der Waals surface area contributed by atoms with Crippen LogP contribution in [0, 0.1) is 11.8 Å². The Morgan fingerprint density at radius 1 is 0.929 bits per heavy atom. The molecule has 0 saturated carbocycles. The molecule has 0 aromatic heterocycles. The Bertz CT molecular complexity index is 918. The third-order valence-electron chi connectivity index (χ3n) is 7.12. The zero-order chi connectivity index (χ0) is 19.5. The lowest BCUT2D eigenvalue weighted by atomic mass is 9.47. The molecule has 2 amide bonds. The predicted octanol–water partition coefficient (Wildman–Crippen LogP) is 3.22. The van der Waals surface area contributed by atoms with Gasteiger partial charge in [0.2, 0.25) is 11.8 Å². The molecule has 1 aliphatic heterocycles. The van der Waals surface area contributed by atoms with Crippen LogP contribution >= 0.6 is 0 Å². The van der Waals surface area contributed by atoms with Gasteiger partial charge in [0.05, 0.1) is 23.9 Å². The second-order valence-electron chi connectivity index (χ2n) is 8.32. The van der Waals surface area contributed by atoms with Gasteiger partial charge in [-0.05, 0) is 28.7 Å². The minimum absolute atomic E-state index is 0.0575. The standard InChI is InChI=1S/C24H25NO3/c1-2-3-8-13-25-22(27)20-19-15-9-4-6-11-17(15)24(14-26,21(20)23(25)28)18-12-7-5-10-16(18)19/h4-7,9-12,19-21,26H,2-3,8,13-14H2,1H3/t19?,20-,21+,24?/m1/s1. The van der Waals surface area contributed by atoms with E-state index in [1.54, 1.807) is 0 Å². The van der Waals surface area contributed by atoms with E-state index in [1.165, 1.54) is 4.90 Å². The van der Waals surface area contributed by atoms with Gasteiger partial charge in [0, 0.05) is 12.5 Å². The normalized spacial score (nSPS) is 29.6. The maximum absolute atomic E-state index is 13.5. The summed E-state index contributed by atoms with van der Waals surface area (Å²) in [4.78, 5) is 28.4. The SMILES string of the molecule is CCCCCN1C(=O)[C@@H]2C3c4ccccc4C(CO)(c4ccccc43)[C@@H]2C1=O. The Labute approximate surface area is 165 Å². The number of benzene rings is 2. The molecule has 0 radical (unpaired) electrons. The predicted molar refractivity (Wildman–Crippen MR) is 106 cm³/mol. The van der Waals surface area contributed by atoms with Crippen LogP contribution in [0.3, 0.4) is 0 Å². The Morgan fingerprint density at radius 2 is 1.54 bits per heavy atom. The maximum Gasteiger partial charge on any atom is 0.234 e. The van der Waals surface area contributed by atoms with Crippen molar-refractivity contribution in [1.82, 2.24) is 4.90 Å². The van der Waals surface area contributed by atoms with E-state index in [0.717, 1.165) is 41.5 Å². The number of rotatable bonds is 5. The molecule has 0 unspecified atom stereocenters. The number of hydrogen-bond acceptors (Lipinski definition) is 3. The van der Waals surface area contributed by atoms with E-state index < -0.39 is 17.3 Å². The second-order valence-corrected chi connectivity index (χ2v) is 8.32. The van der Waals surface area contributed by atoms with Crippen LogP contribution in [0.5, 0.6) is 0 Å². The van der Waals surface area contributed by atoms with E-state index in [0.29, 0.717) is 6.54 Å². The number of likely N-dealkylation sites (tertiary alicyclic amines) is 1. The third kappa shape index (κ3) is 1.99. The summed E-state index contributed by atoms with van der Waals surface area (Å²) < 4.78 is 0. The van der Waals surface area contributed by atoms with Crippen LogP contribution in [0.2, 0.25) is 0 Å². The second kappa shape index (κ2) is 6.28. The molecule has 2 aromatic rings. The maximum atomic E-state index is 13.5. The van der Waals surface area contributed by atoms with Gasteiger partial charge < -0.3 is 5.11 Å². The smallest absolute Gasteiger partial charge is 0.234 e. The molecule has 6 rings (SSSR count). The van der Waals surface area contributed by atoms with E-state index in [9.17, 15) is 14.7 Å². The molecule has 1 fully saturated rings. The van der Waals surface area contributed by atoms with Crippen molar-refractivity contribution in [2.24, 2.45) is 11.8 Å². The lowest BCUT2D eigenvalue weighted by molar-refractivity contribution is -0.140. The van der Waals surface area contributed by atoms with Crippen molar-refractivity contribution in [2.75, 3.05) is 13.2 Å². The fourth-order valence-corrected chi connectivity index (χ4v) is 6.00. The summed E-state index contributed by atoms with van der Waals surface area (Å²) in [5, 5.41) is 10.7. The molecule has 144 valence electrons. The minimum Gasteiger partial charge on any atom is -0.395 e. The number of carbonyl (C=O) groups is 2. The topological polar surface area (TPSA) is 57.6 Å². The van der Waals surface area contributed by atoms with E-state index in [1.807, 2.05) is 36.4 Å². The highest BCUT2D eigenvalue weighted by Crippen LogP contribution is 2.63. The van der Waals surface area contributed by atoms with Crippen LogP contribution in [0.1, 0.15) is 54.4 Å². The fraction of sp³-hybridized carbons (Fsp3) is 0.417. The summed E-state index contributed by atoms with van der Waals surface area (Å²) in [6, 6.07) is 16.1. The highest BCUT2D eigenvalue weighted by molar-refractivity contribution is 6.08. The molecule has 2 aromatic carbocycles. The Balaban J connectivity index is 1.72. The molecule has 4 heteroatoms. The minimum atomic E-state index is -0.834. The van der Waals surface area contributed by atoms with Crippen molar-refractivity contribution in [3.05, 3.63) is 70.8 Å². The van der Waals surface area contributed by atoms with Crippen molar-refractivity contribution in [2.45, 2.75) is 37.5 Å². The summed E-state index contributed by atoms with van der Waals surface area (Å²) in [5.41, 5.74) is 3.37. The monoisotopic (exact) mass is 375 g/mol. The summed E-state index contributed by atoms with van der Waals surface area (Å²) in [5.74, 6) is -1.20. The number of carbonyl (C=O) groups excluding carboxylic acids is 2. The summed E-state index contributed by atoms with van der Waals surface area (Å²) in [6.07, 6.45) is 2.88. The van der Waals surface area contributed by atoms with Gasteiger partial charge in [0.25, 0.3) is 0 Å². The highest BCUT2D eigenvalue weighted by atomic mass is 16.3. The lowest BCUT2D eigenvalue weighted by Crippen LogP contribution is -2.55. The van der Waals surface area contributed by atoms with Gasteiger partial charge in [0.1, 0.15) is 0 Å². The molecular formula is C24H25NO3. The molecule has 0 spiro atoms. The Hall–Kier alpha value is -2.46. The van der Waals surface area contributed by atoms with Gasteiger partial charge in [-0.3, -0.25) is 14.5 Å². The van der Waals surface area contributed by atoms with Crippen molar-refractivity contribution in [3.8, 4) is 0 Å². The molecule has 1 heterocycles. The number of imide groups is 1. The Kier molecular flexibility index (Phi) is 3.95. The van der Waals surface area contributed by atoms with Crippen molar-refractivity contribution >= 4 is 11.8 Å². The van der Waals surface area contributed by atoms with E-state index in [-0.39, 0.29) is 24.3 Å². The van der Waals surface area contributed by atoms with E-state index >= 15 is 0 Å². The van der Waals surface area contributed by atoms with Crippen LogP contribution in [0.4, 0.5) is 0 Å². The zero-order valence-electron chi connectivity index (χ0n) is 16.1. The van der Waals surface area contributed by atoms with E-state index in [2.05, 4.69) is 19.1 Å². The number of hydrogen-bond donors (Lipinski definition) is 1. The van der Waals surface area contributed by atoms with Crippen LogP contribution in [-0.2, 0) is 15.0 Å². The van der Waals surface area contributed by atoms with Gasteiger partial charge in [-0.25, -0.2) is 0 Å². The number of nitrogens with zero attached hydrogens (tertiary/aromatic N) is 1. The Morgan fingerprint density at radius 3 is 2.11 bits per heavy atom. The number of unbranched alkanes of at least 4 members (excludes halogenated alkanes) is 2. The average Bonchev–Trinajstić information content (AvgIpc) is 2.99. The van der Waals surface area contributed by atoms with Gasteiger partial charge in [-0.1, -0.05) is 68.3 Å². The van der Waals surface area contributed by atoms with Crippen LogP contribution in [-0.4, -0.2) is 35.0 Å². The quantitative estimate of drug-likeness (QED) is 0.645. The molecule has 4 nitrogen and oxygen atoms in total. The zero-order valence-corrected chi connectivity index (χ0v) is 16.1. The fourth-order valence-electron chi connectivity index (χ4n) is 6.00. The van der Waals surface area contributed by atoms with Crippen molar-refractivity contribution < 1.29 is 14.7 Å². The van der Waals surface area contributed by atoms with Gasteiger partial charge in [-0.2, -0.15) is 0 Å². The summed E-state index contributed by atoms with van der Waals surface area (Å²) >= 11 is 0. The van der Waals surface area contributed by atoms with Crippen molar-refractivity contribution in [3.63, 3.8) is 0 Å². The average molecular weight is 375 g/mol. The van der Waals surface area contributed by atoms with Gasteiger partial charge >= 0.3 is 0 Å². The summed E-state index contributed by atoms with van der Waals surface area (Å²) in [6.45, 7) is 2.43. The molecule has 3 aliphatic carbocycles. The summed E-state index contributed by atoms with van der Waals surface area (Å²) in [7, 11) is 0. The van der Waals surface area contributed by atoms with E-state index in [4.69, 9.17) is 0 Å². The third-order valence-corrected chi connectivity index (χ3v) is 7.12. The molecule has 1 N–H and O–H groups in total. The molecule has 2 atom stereocenters. The van der Waals surface area contributed by atoms with Gasteiger partial charge in [-0.15, -0.1) is 0 Å². The first kappa shape index (κ1) is 17.6. The molecule has 2 bridgehead atoms. The first-order valence-electron chi connectivity index (χ1n) is 10.3. The van der Waals surface area contributed by atoms with Gasteiger partial charge in [0.15, 0.2) is 0 Å². The van der Waals surface area contributed by atoms with Crippen LogP contribution < -0.4 is 0 Å². The largest absolute Gasteiger partial charge is 0.395 e. The molecular weight excluding hydrogens is 350 g/mol. The highest BCUT2D eigenvalue weighted by Gasteiger charge is 2.67. The first-order chi connectivity index (χ1) is 13.7. The lowest BCUT2D eigenvalue weighted by Gasteiger charge is -2.53. The number of aliphatic hydroxyl groups is 1. The number of amides is 2. The van der Waals surface area contributed by atoms with Crippen LogP contribution in [0.25, 0.3) is 0 Å². The number of aliphatic hydroxyl groups excluding tert-OH is 1. The first-order valence-corrected chi connectivity index (χ1v) is 10.3. The van der Waals surface area contributed by atoms with Crippen LogP contribution in [0.15, 0.2) is 48.5 Å². The molecule has 4 aliphatic rings. The molecule has 1 saturated heterocycles. The van der Waals surface area contributed by atoms with Crippen molar-refractivity contribution in [1.29, 1.82) is 0 Å².